The summed E-state index contributed by atoms with van der Waals surface area (Å²) >= 11 is 0. The molecule has 1 unspecified atom stereocenters. The van der Waals surface area contributed by atoms with Crippen molar-refractivity contribution in [1.29, 1.82) is 0 Å². The van der Waals surface area contributed by atoms with E-state index in [1.54, 1.807) is 13.2 Å². The molecular formula is C15H19N3O3. The van der Waals surface area contributed by atoms with Gasteiger partial charge >= 0.3 is 0 Å². The Labute approximate surface area is 123 Å². The number of anilines is 1. The summed E-state index contributed by atoms with van der Waals surface area (Å²) in [6, 6.07) is 9.48. The van der Waals surface area contributed by atoms with Crippen LogP contribution in [-0.4, -0.2) is 25.2 Å². The van der Waals surface area contributed by atoms with Gasteiger partial charge in [0.15, 0.2) is 11.5 Å². The van der Waals surface area contributed by atoms with Crippen LogP contribution in [0, 0.1) is 0 Å². The monoisotopic (exact) mass is 289 g/mol. The molecule has 0 aliphatic rings. The number of aromatic nitrogens is 1. The van der Waals surface area contributed by atoms with Crippen molar-refractivity contribution in [3.05, 3.63) is 47.3 Å². The number of carbonyl (C=O) groups is 1. The molecule has 2 N–H and O–H groups in total. The highest BCUT2D eigenvalue weighted by atomic mass is 16.5. The molecule has 21 heavy (non-hydrogen) atoms. The van der Waals surface area contributed by atoms with Crippen molar-refractivity contribution in [3.63, 3.8) is 0 Å². The van der Waals surface area contributed by atoms with Crippen molar-refractivity contribution in [2.24, 2.45) is 0 Å². The molecule has 2 rings (SSSR count). The zero-order chi connectivity index (χ0) is 15.2. The Morgan fingerprint density at radius 3 is 2.71 bits per heavy atom. The van der Waals surface area contributed by atoms with Crippen LogP contribution in [0.5, 0.6) is 0 Å². The minimum Gasteiger partial charge on any atom is -0.377 e. The smallest absolute Gasteiger partial charge is 0.277 e. The van der Waals surface area contributed by atoms with Crippen molar-refractivity contribution in [3.8, 4) is 0 Å². The topological polar surface area (TPSA) is 76.4 Å². The van der Waals surface area contributed by atoms with Crippen LogP contribution in [0.1, 0.15) is 34.8 Å². The lowest BCUT2D eigenvalue weighted by Gasteiger charge is -2.11. The number of ether oxygens (including phenoxy) is 1. The molecule has 0 radical (unpaired) electrons. The van der Waals surface area contributed by atoms with E-state index in [4.69, 9.17) is 9.26 Å². The summed E-state index contributed by atoms with van der Waals surface area (Å²) in [6.07, 6.45) is 0. The maximum absolute atomic E-state index is 12.0. The predicted octanol–water partition coefficient (Wildman–Crippen LogP) is 2.35. The number of carbonyl (C=O) groups excluding carboxylic acids is 1. The molecular weight excluding hydrogens is 270 g/mol. The molecule has 0 bridgehead atoms. The fraction of sp³-hybridized carbons (Fsp3) is 0.333. The Hall–Kier alpha value is -2.18. The lowest BCUT2D eigenvalue weighted by atomic mass is 10.1. The Morgan fingerprint density at radius 1 is 1.38 bits per heavy atom. The third kappa shape index (κ3) is 3.90. The van der Waals surface area contributed by atoms with Gasteiger partial charge in [0.25, 0.3) is 5.91 Å². The third-order valence-electron chi connectivity index (χ3n) is 3.18. The van der Waals surface area contributed by atoms with Gasteiger partial charge in [-0.15, -0.1) is 0 Å². The van der Waals surface area contributed by atoms with Gasteiger partial charge in [0.2, 0.25) is 0 Å². The minimum atomic E-state index is -0.310. The molecule has 0 saturated carbocycles. The number of hydrogen-bond acceptors (Lipinski definition) is 5. The molecule has 0 aliphatic carbocycles. The first-order valence-electron chi connectivity index (χ1n) is 6.67. The number of amides is 1. The quantitative estimate of drug-likeness (QED) is 0.853. The standard InChI is InChI=1S/C15H19N3O3/c1-10(16-2)11-4-6-12(7-5-11)17-15(19)14-8-13(9-20-3)21-18-14/h4-8,10,16H,9H2,1-3H3,(H,17,19). The first-order valence-corrected chi connectivity index (χ1v) is 6.67. The van der Waals surface area contributed by atoms with E-state index in [0.717, 1.165) is 5.56 Å². The molecule has 6 nitrogen and oxygen atoms in total. The molecule has 1 atom stereocenters. The summed E-state index contributed by atoms with van der Waals surface area (Å²) in [7, 11) is 3.46. The minimum absolute atomic E-state index is 0.231. The highest BCUT2D eigenvalue weighted by Crippen LogP contribution is 2.16. The summed E-state index contributed by atoms with van der Waals surface area (Å²) in [4.78, 5) is 12.0. The highest BCUT2D eigenvalue weighted by molar-refractivity contribution is 6.02. The normalized spacial score (nSPS) is 12.1. The summed E-state index contributed by atoms with van der Waals surface area (Å²) in [5.74, 6) is 0.205. The Morgan fingerprint density at radius 2 is 2.10 bits per heavy atom. The summed E-state index contributed by atoms with van der Waals surface area (Å²) < 4.78 is 9.90. The average Bonchev–Trinajstić information content (AvgIpc) is 2.96. The molecule has 112 valence electrons. The van der Waals surface area contributed by atoms with Crippen LogP contribution in [0.3, 0.4) is 0 Å². The summed E-state index contributed by atoms with van der Waals surface area (Å²) in [5.41, 5.74) is 2.09. The van der Waals surface area contributed by atoms with Crippen LogP contribution in [0.15, 0.2) is 34.9 Å². The van der Waals surface area contributed by atoms with Gasteiger partial charge in [0.1, 0.15) is 6.61 Å². The predicted molar refractivity (Wildman–Crippen MR) is 79.1 cm³/mol. The van der Waals surface area contributed by atoms with Crippen molar-refractivity contribution in [2.75, 3.05) is 19.5 Å². The average molecular weight is 289 g/mol. The molecule has 6 heteroatoms. The Kier molecular flexibility index (Phi) is 5.08. The van der Waals surface area contributed by atoms with Crippen LogP contribution in [-0.2, 0) is 11.3 Å². The van der Waals surface area contributed by atoms with Crippen molar-refractivity contribution in [1.82, 2.24) is 10.5 Å². The second-order valence-corrected chi connectivity index (χ2v) is 4.70. The number of methoxy groups -OCH3 is 1. The first-order chi connectivity index (χ1) is 10.1. The fourth-order valence-electron chi connectivity index (χ4n) is 1.85. The van der Waals surface area contributed by atoms with E-state index in [9.17, 15) is 4.79 Å². The van der Waals surface area contributed by atoms with Crippen molar-refractivity contribution < 1.29 is 14.1 Å². The van der Waals surface area contributed by atoms with Gasteiger partial charge in [0.05, 0.1) is 0 Å². The molecule has 0 aliphatic heterocycles. The molecule has 1 aromatic carbocycles. The lowest BCUT2D eigenvalue weighted by molar-refractivity contribution is 0.101. The van der Waals surface area contributed by atoms with E-state index in [-0.39, 0.29) is 24.2 Å². The van der Waals surface area contributed by atoms with Crippen LogP contribution < -0.4 is 10.6 Å². The SMILES string of the molecule is CNC(C)c1ccc(NC(=O)c2cc(COC)on2)cc1. The van der Waals surface area contributed by atoms with E-state index < -0.39 is 0 Å². The van der Waals surface area contributed by atoms with Crippen LogP contribution >= 0.6 is 0 Å². The van der Waals surface area contributed by atoms with Crippen LogP contribution in [0.4, 0.5) is 5.69 Å². The fourth-order valence-corrected chi connectivity index (χ4v) is 1.85. The summed E-state index contributed by atoms with van der Waals surface area (Å²) in [5, 5.41) is 9.65. The molecule has 2 aromatic rings. The number of hydrogen-bond donors (Lipinski definition) is 2. The lowest BCUT2D eigenvalue weighted by Crippen LogP contribution is -2.14. The van der Waals surface area contributed by atoms with E-state index in [1.807, 2.05) is 31.3 Å². The van der Waals surface area contributed by atoms with Gasteiger partial charge < -0.3 is 19.9 Å². The van der Waals surface area contributed by atoms with Gasteiger partial charge in [-0.25, -0.2) is 0 Å². The van der Waals surface area contributed by atoms with Crippen molar-refractivity contribution >= 4 is 11.6 Å². The van der Waals surface area contributed by atoms with E-state index in [0.29, 0.717) is 11.4 Å². The molecule has 1 amide bonds. The van der Waals surface area contributed by atoms with E-state index in [2.05, 4.69) is 22.7 Å². The van der Waals surface area contributed by atoms with Crippen LogP contribution in [0.2, 0.25) is 0 Å². The van der Waals surface area contributed by atoms with Gasteiger partial charge in [-0.2, -0.15) is 0 Å². The zero-order valence-electron chi connectivity index (χ0n) is 12.3. The second kappa shape index (κ2) is 7.01. The molecule has 0 spiro atoms. The Bertz CT molecular complexity index is 592. The summed E-state index contributed by atoms with van der Waals surface area (Å²) in [6.45, 7) is 2.36. The highest BCUT2D eigenvalue weighted by Gasteiger charge is 2.13. The first kappa shape index (κ1) is 15.2. The zero-order valence-corrected chi connectivity index (χ0v) is 12.3. The van der Waals surface area contributed by atoms with E-state index in [1.165, 1.54) is 0 Å². The number of benzene rings is 1. The molecule has 0 fully saturated rings. The number of rotatable bonds is 6. The number of nitrogens with one attached hydrogen (secondary N) is 2. The number of nitrogens with zero attached hydrogens (tertiary/aromatic N) is 1. The van der Waals surface area contributed by atoms with Crippen molar-refractivity contribution in [2.45, 2.75) is 19.6 Å². The maximum atomic E-state index is 12.0. The van der Waals surface area contributed by atoms with Crippen LogP contribution in [0.25, 0.3) is 0 Å². The second-order valence-electron chi connectivity index (χ2n) is 4.70. The largest absolute Gasteiger partial charge is 0.377 e. The van der Waals surface area contributed by atoms with E-state index >= 15 is 0 Å². The molecule has 1 heterocycles. The molecule has 0 saturated heterocycles. The van der Waals surface area contributed by atoms with Gasteiger partial charge in [0, 0.05) is 24.9 Å². The van der Waals surface area contributed by atoms with Gasteiger partial charge in [-0.3, -0.25) is 4.79 Å². The maximum Gasteiger partial charge on any atom is 0.277 e. The van der Waals surface area contributed by atoms with Gasteiger partial charge in [-0.1, -0.05) is 17.3 Å². The molecule has 1 aromatic heterocycles. The third-order valence-corrected chi connectivity index (χ3v) is 3.18. The Balaban J connectivity index is 2.01. The van der Waals surface area contributed by atoms with Gasteiger partial charge in [-0.05, 0) is 31.7 Å².